The first kappa shape index (κ1) is 13.0. The van der Waals surface area contributed by atoms with E-state index >= 15 is 0 Å². The quantitative estimate of drug-likeness (QED) is 0.717. The monoisotopic (exact) mass is 259 g/mol. The lowest BCUT2D eigenvalue weighted by Crippen LogP contribution is -2.21. The fourth-order valence-electron chi connectivity index (χ4n) is 1.97. The lowest BCUT2D eigenvalue weighted by Gasteiger charge is -2.21. The summed E-state index contributed by atoms with van der Waals surface area (Å²) >= 11 is 0. The molecule has 100 valence electrons. The van der Waals surface area contributed by atoms with Gasteiger partial charge in [0.2, 0.25) is 0 Å². The molecule has 0 saturated carbocycles. The second-order valence-corrected chi connectivity index (χ2v) is 4.45. The van der Waals surface area contributed by atoms with Crippen molar-refractivity contribution in [2.24, 2.45) is 0 Å². The average molecular weight is 259 g/mol. The number of carboxylic acid groups (broad SMARTS) is 1. The molecule has 0 bridgehead atoms. The van der Waals surface area contributed by atoms with Gasteiger partial charge in [0.15, 0.2) is 0 Å². The first-order valence-corrected chi connectivity index (χ1v) is 6.04. The van der Waals surface area contributed by atoms with E-state index in [1.54, 1.807) is 12.1 Å². The van der Waals surface area contributed by atoms with Crippen LogP contribution in [0.1, 0.15) is 16.1 Å². The first-order chi connectivity index (χ1) is 9.08. The maximum atomic E-state index is 10.8. The Morgan fingerprint density at radius 1 is 1.42 bits per heavy atom. The Kier molecular flexibility index (Phi) is 3.75. The van der Waals surface area contributed by atoms with Gasteiger partial charge < -0.3 is 20.7 Å². The van der Waals surface area contributed by atoms with Crippen molar-refractivity contribution >= 4 is 17.3 Å². The van der Waals surface area contributed by atoms with Crippen molar-refractivity contribution in [3.63, 3.8) is 0 Å². The number of nitrogens with one attached hydrogen (secondary N) is 1. The highest BCUT2D eigenvalue weighted by atomic mass is 16.4. The number of rotatable bonds is 5. The highest BCUT2D eigenvalue weighted by Crippen LogP contribution is 2.23. The molecule has 5 nitrogen and oxygen atoms in total. The number of carboxylic acids is 1. The number of hydrogen-bond donors (Lipinski definition) is 3. The molecule has 2 aromatic rings. The van der Waals surface area contributed by atoms with Crippen molar-refractivity contribution in [1.29, 1.82) is 0 Å². The number of carbonyl (C=O) groups is 1. The van der Waals surface area contributed by atoms with Crippen LogP contribution in [0.15, 0.2) is 36.5 Å². The van der Waals surface area contributed by atoms with Gasteiger partial charge in [-0.05, 0) is 30.3 Å². The molecule has 0 atom stereocenters. The predicted octanol–water partition coefficient (Wildman–Crippen LogP) is 1.97. The van der Waals surface area contributed by atoms with Crippen molar-refractivity contribution < 1.29 is 9.90 Å². The van der Waals surface area contributed by atoms with E-state index in [4.69, 9.17) is 10.8 Å². The molecule has 0 radical (unpaired) electrons. The Bertz CT molecular complexity index is 564. The Morgan fingerprint density at radius 2 is 2.21 bits per heavy atom. The number of nitrogens with two attached hydrogens (primary N) is 1. The summed E-state index contributed by atoms with van der Waals surface area (Å²) in [5, 5.41) is 8.89. The molecule has 0 aliphatic rings. The summed E-state index contributed by atoms with van der Waals surface area (Å²) in [6, 6.07) is 8.80. The van der Waals surface area contributed by atoms with E-state index in [9.17, 15) is 4.79 Å². The Balaban J connectivity index is 2.06. The van der Waals surface area contributed by atoms with Gasteiger partial charge in [0, 0.05) is 31.9 Å². The third kappa shape index (κ3) is 3.07. The molecule has 1 heterocycles. The number of aromatic carboxylic acids is 1. The first-order valence-electron chi connectivity index (χ1n) is 6.04. The highest BCUT2D eigenvalue weighted by molar-refractivity contribution is 5.90. The molecule has 4 N–H and O–H groups in total. The minimum Gasteiger partial charge on any atom is -0.478 e. The zero-order chi connectivity index (χ0) is 13.8. The maximum absolute atomic E-state index is 10.8. The van der Waals surface area contributed by atoms with Crippen molar-refractivity contribution in [1.82, 2.24) is 4.98 Å². The summed E-state index contributed by atoms with van der Waals surface area (Å²) in [5.74, 6) is -0.965. The van der Waals surface area contributed by atoms with Crippen molar-refractivity contribution in [2.45, 2.75) is 6.42 Å². The molecule has 0 amide bonds. The molecule has 0 fully saturated rings. The lowest BCUT2D eigenvalue weighted by molar-refractivity contribution is 0.0697. The molecule has 1 aromatic heterocycles. The third-order valence-electron chi connectivity index (χ3n) is 3.06. The van der Waals surface area contributed by atoms with Gasteiger partial charge >= 0.3 is 5.97 Å². The zero-order valence-electron chi connectivity index (χ0n) is 10.8. The number of likely N-dealkylation sites (N-methyl/N-ethyl adjacent to an activating group) is 1. The van der Waals surface area contributed by atoms with Gasteiger partial charge in [-0.15, -0.1) is 0 Å². The number of H-pyrrole nitrogens is 1. The lowest BCUT2D eigenvalue weighted by atomic mass is 10.1. The molecule has 19 heavy (non-hydrogen) atoms. The minimum atomic E-state index is -0.965. The molecule has 0 aliphatic heterocycles. The fraction of sp³-hybridized carbons (Fsp3) is 0.214. The van der Waals surface area contributed by atoms with Gasteiger partial charge in [0.1, 0.15) is 0 Å². The topological polar surface area (TPSA) is 82.3 Å². The van der Waals surface area contributed by atoms with Crippen LogP contribution in [0.25, 0.3) is 0 Å². The Morgan fingerprint density at radius 3 is 2.79 bits per heavy atom. The van der Waals surface area contributed by atoms with Crippen LogP contribution in [0.2, 0.25) is 0 Å². The van der Waals surface area contributed by atoms with E-state index in [1.807, 2.05) is 30.3 Å². The van der Waals surface area contributed by atoms with Crippen molar-refractivity contribution in [2.75, 3.05) is 24.2 Å². The van der Waals surface area contributed by atoms with Crippen LogP contribution in [0.4, 0.5) is 11.4 Å². The van der Waals surface area contributed by atoms with Gasteiger partial charge in [-0.2, -0.15) is 0 Å². The standard InChI is InChI=1S/C14H17N3O2/c1-17(8-6-11-3-2-7-16-11)13-5-4-10(14(18)19)9-12(13)15/h2-5,7,9,16H,6,8,15H2,1H3,(H,18,19). The normalized spacial score (nSPS) is 10.4. The van der Waals surface area contributed by atoms with Crippen LogP contribution in [0, 0.1) is 0 Å². The van der Waals surface area contributed by atoms with E-state index in [0.717, 1.165) is 24.3 Å². The number of benzene rings is 1. The van der Waals surface area contributed by atoms with Crippen LogP contribution in [-0.2, 0) is 6.42 Å². The van der Waals surface area contributed by atoms with Crippen LogP contribution in [0.3, 0.4) is 0 Å². The number of aromatic nitrogens is 1. The second kappa shape index (κ2) is 5.48. The summed E-state index contributed by atoms with van der Waals surface area (Å²) in [6.07, 6.45) is 2.77. The molecule has 1 aromatic carbocycles. The minimum absolute atomic E-state index is 0.207. The van der Waals surface area contributed by atoms with Gasteiger partial charge in [0.05, 0.1) is 16.9 Å². The van der Waals surface area contributed by atoms with Crippen LogP contribution >= 0.6 is 0 Å². The number of aromatic amines is 1. The Labute approximate surface area is 111 Å². The smallest absolute Gasteiger partial charge is 0.335 e. The van der Waals surface area contributed by atoms with E-state index in [2.05, 4.69) is 4.98 Å². The molecule has 5 heteroatoms. The summed E-state index contributed by atoms with van der Waals surface area (Å²) in [7, 11) is 1.94. The van der Waals surface area contributed by atoms with E-state index in [1.165, 1.54) is 6.07 Å². The number of hydrogen-bond acceptors (Lipinski definition) is 3. The van der Waals surface area contributed by atoms with Crippen LogP contribution < -0.4 is 10.6 Å². The summed E-state index contributed by atoms with van der Waals surface area (Å²) in [6.45, 7) is 0.803. The molecule has 2 rings (SSSR count). The Hall–Kier alpha value is -2.43. The highest BCUT2D eigenvalue weighted by Gasteiger charge is 2.09. The number of nitrogen functional groups attached to an aromatic ring is 1. The van der Waals surface area contributed by atoms with Gasteiger partial charge in [-0.1, -0.05) is 0 Å². The van der Waals surface area contributed by atoms with E-state index < -0.39 is 5.97 Å². The summed E-state index contributed by atoms with van der Waals surface area (Å²) in [4.78, 5) is 16.0. The summed E-state index contributed by atoms with van der Waals surface area (Å²) < 4.78 is 0. The van der Waals surface area contributed by atoms with Gasteiger partial charge in [0.25, 0.3) is 0 Å². The molecule has 0 saturated heterocycles. The molecule has 0 spiro atoms. The molecular weight excluding hydrogens is 242 g/mol. The SMILES string of the molecule is CN(CCc1ccc[nH]1)c1ccc(C(=O)O)cc1N. The summed E-state index contributed by atoms with van der Waals surface area (Å²) in [5.41, 5.74) is 8.59. The maximum Gasteiger partial charge on any atom is 0.335 e. The van der Waals surface area contributed by atoms with Gasteiger partial charge in [-0.25, -0.2) is 4.79 Å². The van der Waals surface area contributed by atoms with Gasteiger partial charge in [-0.3, -0.25) is 0 Å². The van der Waals surface area contributed by atoms with E-state index in [0.29, 0.717) is 5.69 Å². The number of anilines is 2. The zero-order valence-corrected chi connectivity index (χ0v) is 10.8. The van der Waals surface area contributed by atoms with E-state index in [-0.39, 0.29) is 5.56 Å². The molecular formula is C14H17N3O2. The van der Waals surface area contributed by atoms with Crippen molar-refractivity contribution in [3.05, 3.63) is 47.8 Å². The van der Waals surface area contributed by atoms with Crippen molar-refractivity contribution in [3.8, 4) is 0 Å². The number of nitrogens with zero attached hydrogens (tertiary/aromatic N) is 1. The molecule has 0 unspecified atom stereocenters. The van der Waals surface area contributed by atoms with Crippen LogP contribution in [-0.4, -0.2) is 29.7 Å². The largest absolute Gasteiger partial charge is 0.478 e. The molecule has 0 aliphatic carbocycles. The fourth-order valence-corrected chi connectivity index (χ4v) is 1.97. The van der Waals surface area contributed by atoms with Crippen LogP contribution in [0.5, 0.6) is 0 Å². The third-order valence-corrected chi connectivity index (χ3v) is 3.06. The average Bonchev–Trinajstić information content (AvgIpc) is 2.88. The predicted molar refractivity (Wildman–Crippen MR) is 75.6 cm³/mol. The second-order valence-electron chi connectivity index (χ2n) is 4.45.